The van der Waals surface area contributed by atoms with Crippen LogP contribution in [-0.4, -0.2) is 39.3 Å². The Hall–Kier alpha value is -2.70. The van der Waals surface area contributed by atoms with Gasteiger partial charge in [-0.1, -0.05) is 31.4 Å². The van der Waals surface area contributed by atoms with Gasteiger partial charge in [0.05, 0.1) is 12.1 Å². The first-order valence-corrected chi connectivity index (χ1v) is 8.58. The van der Waals surface area contributed by atoms with Crippen LogP contribution in [-0.2, 0) is 16.1 Å². The normalized spacial score (nSPS) is 14.9. The second-order valence-electron chi connectivity index (χ2n) is 6.27. The molecule has 0 aliphatic heterocycles. The molecule has 7 heteroatoms. The molecule has 2 aromatic rings. The van der Waals surface area contributed by atoms with Gasteiger partial charge in [0, 0.05) is 6.04 Å². The Labute approximate surface area is 146 Å². The van der Waals surface area contributed by atoms with Gasteiger partial charge in [-0.3, -0.25) is 4.79 Å². The number of carbonyl (C=O) groups is 2. The fourth-order valence-corrected chi connectivity index (χ4v) is 2.98. The SMILES string of the molecule is O=C(COC(=O)c1ccc(Cn2cncn2)cc1)NC1CCCCC1. The number of carbonyl (C=O) groups excluding carboxylic acids is 2. The van der Waals surface area contributed by atoms with Crippen LogP contribution in [0.25, 0.3) is 0 Å². The summed E-state index contributed by atoms with van der Waals surface area (Å²) in [4.78, 5) is 27.8. The number of esters is 1. The summed E-state index contributed by atoms with van der Waals surface area (Å²) in [7, 11) is 0. The average molecular weight is 342 g/mol. The molecule has 1 aromatic carbocycles. The van der Waals surface area contributed by atoms with Gasteiger partial charge in [0.1, 0.15) is 12.7 Å². The molecule has 1 saturated carbocycles. The van der Waals surface area contributed by atoms with E-state index in [4.69, 9.17) is 4.74 Å². The van der Waals surface area contributed by atoms with E-state index in [1.807, 2.05) is 12.1 Å². The van der Waals surface area contributed by atoms with Gasteiger partial charge in [-0.2, -0.15) is 5.10 Å². The molecule has 1 fully saturated rings. The Morgan fingerprint density at radius 3 is 2.60 bits per heavy atom. The van der Waals surface area contributed by atoms with E-state index in [0.29, 0.717) is 12.1 Å². The lowest BCUT2D eigenvalue weighted by atomic mass is 9.95. The van der Waals surface area contributed by atoms with Crippen LogP contribution in [0.1, 0.15) is 48.0 Å². The summed E-state index contributed by atoms with van der Waals surface area (Å²) < 4.78 is 6.80. The molecule has 0 radical (unpaired) electrons. The fraction of sp³-hybridized carbons (Fsp3) is 0.444. The molecule has 7 nitrogen and oxygen atoms in total. The molecule has 1 aliphatic rings. The summed E-state index contributed by atoms with van der Waals surface area (Å²) in [5.41, 5.74) is 1.42. The van der Waals surface area contributed by atoms with Crippen LogP contribution < -0.4 is 5.32 Å². The van der Waals surface area contributed by atoms with Crippen molar-refractivity contribution in [2.24, 2.45) is 0 Å². The van der Waals surface area contributed by atoms with E-state index >= 15 is 0 Å². The third-order valence-corrected chi connectivity index (χ3v) is 4.31. The van der Waals surface area contributed by atoms with Crippen LogP contribution in [0.2, 0.25) is 0 Å². The Morgan fingerprint density at radius 2 is 1.92 bits per heavy atom. The fourth-order valence-electron chi connectivity index (χ4n) is 2.98. The Bertz CT molecular complexity index is 692. The largest absolute Gasteiger partial charge is 0.452 e. The van der Waals surface area contributed by atoms with Crippen molar-refractivity contribution in [2.75, 3.05) is 6.61 Å². The van der Waals surface area contributed by atoms with E-state index < -0.39 is 5.97 Å². The molecule has 1 amide bonds. The van der Waals surface area contributed by atoms with Crippen molar-refractivity contribution >= 4 is 11.9 Å². The van der Waals surface area contributed by atoms with Gasteiger partial charge >= 0.3 is 5.97 Å². The summed E-state index contributed by atoms with van der Waals surface area (Å²) in [6.45, 7) is 0.342. The molecule has 1 N–H and O–H groups in total. The van der Waals surface area contributed by atoms with E-state index in [0.717, 1.165) is 31.2 Å². The summed E-state index contributed by atoms with van der Waals surface area (Å²) in [5, 5.41) is 6.96. The summed E-state index contributed by atoms with van der Waals surface area (Å²) in [6, 6.07) is 7.26. The summed E-state index contributed by atoms with van der Waals surface area (Å²) in [5.74, 6) is -0.728. The molecule has 1 aliphatic carbocycles. The maximum atomic E-state index is 12.0. The van der Waals surface area contributed by atoms with E-state index in [2.05, 4.69) is 15.4 Å². The van der Waals surface area contributed by atoms with E-state index in [9.17, 15) is 9.59 Å². The van der Waals surface area contributed by atoms with Crippen LogP contribution in [0.15, 0.2) is 36.9 Å². The van der Waals surface area contributed by atoms with Gasteiger partial charge in [0.25, 0.3) is 5.91 Å². The number of rotatable bonds is 6. The Kier molecular flexibility index (Phi) is 5.77. The zero-order valence-corrected chi connectivity index (χ0v) is 14.1. The van der Waals surface area contributed by atoms with E-state index in [1.165, 1.54) is 12.7 Å². The summed E-state index contributed by atoms with van der Waals surface area (Å²) in [6.07, 6.45) is 8.64. The van der Waals surface area contributed by atoms with Crippen molar-refractivity contribution in [1.29, 1.82) is 0 Å². The van der Waals surface area contributed by atoms with Crippen molar-refractivity contribution < 1.29 is 14.3 Å². The smallest absolute Gasteiger partial charge is 0.338 e. The molecule has 0 spiro atoms. The average Bonchev–Trinajstić information content (AvgIpc) is 3.14. The molecule has 1 heterocycles. The van der Waals surface area contributed by atoms with Crippen molar-refractivity contribution in [3.05, 3.63) is 48.0 Å². The number of nitrogens with one attached hydrogen (secondary N) is 1. The maximum Gasteiger partial charge on any atom is 0.338 e. The molecule has 0 bridgehead atoms. The lowest BCUT2D eigenvalue weighted by Gasteiger charge is -2.22. The van der Waals surface area contributed by atoms with E-state index in [-0.39, 0.29) is 18.6 Å². The number of nitrogens with zero attached hydrogens (tertiary/aromatic N) is 3. The summed E-state index contributed by atoms with van der Waals surface area (Å²) >= 11 is 0. The Morgan fingerprint density at radius 1 is 1.16 bits per heavy atom. The van der Waals surface area contributed by atoms with Crippen LogP contribution in [0.4, 0.5) is 0 Å². The first-order chi connectivity index (χ1) is 12.2. The molecule has 3 rings (SSSR count). The topological polar surface area (TPSA) is 86.1 Å². The van der Waals surface area contributed by atoms with Gasteiger partial charge < -0.3 is 10.1 Å². The highest BCUT2D eigenvalue weighted by Gasteiger charge is 2.17. The Balaban J connectivity index is 1.45. The predicted molar refractivity (Wildman–Crippen MR) is 90.9 cm³/mol. The van der Waals surface area contributed by atoms with Crippen LogP contribution >= 0.6 is 0 Å². The highest BCUT2D eigenvalue weighted by atomic mass is 16.5. The third kappa shape index (κ3) is 5.14. The maximum absolute atomic E-state index is 12.0. The van der Waals surface area contributed by atoms with Crippen molar-refractivity contribution in [1.82, 2.24) is 20.1 Å². The van der Waals surface area contributed by atoms with Gasteiger partial charge in [-0.05, 0) is 30.5 Å². The highest BCUT2D eigenvalue weighted by Crippen LogP contribution is 2.17. The predicted octanol–water partition coefficient (Wildman–Crippen LogP) is 1.93. The first kappa shape index (κ1) is 17.1. The molecule has 0 atom stereocenters. The zero-order chi connectivity index (χ0) is 17.5. The molecule has 0 saturated heterocycles. The second kappa shape index (κ2) is 8.41. The van der Waals surface area contributed by atoms with Gasteiger partial charge in [0.15, 0.2) is 6.61 Å². The van der Waals surface area contributed by atoms with E-state index in [1.54, 1.807) is 23.1 Å². The van der Waals surface area contributed by atoms with Crippen LogP contribution in [0.5, 0.6) is 0 Å². The second-order valence-corrected chi connectivity index (χ2v) is 6.27. The molecular formula is C18H22N4O3. The minimum Gasteiger partial charge on any atom is -0.452 e. The van der Waals surface area contributed by atoms with Crippen LogP contribution in [0.3, 0.4) is 0 Å². The minimum absolute atomic E-state index is 0.219. The lowest BCUT2D eigenvalue weighted by Crippen LogP contribution is -2.38. The number of benzene rings is 1. The standard InChI is InChI=1S/C18H22N4O3/c23-17(21-16-4-2-1-3-5-16)11-25-18(24)15-8-6-14(7-9-15)10-22-13-19-12-20-22/h6-9,12-13,16H,1-5,10-11H2,(H,21,23). The van der Waals surface area contributed by atoms with Crippen molar-refractivity contribution in [3.63, 3.8) is 0 Å². The monoisotopic (exact) mass is 342 g/mol. The molecule has 25 heavy (non-hydrogen) atoms. The molecular weight excluding hydrogens is 320 g/mol. The zero-order valence-electron chi connectivity index (χ0n) is 14.1. The van der Waals surface area contributed by atoms with Crippen molar-refractivity contribution in [3.8, 4) is 0 Å². The van der Waals surface area contributed by atoms with Crippen molar-refractivity contribution in [2.45, 2.75) is 44.7 Å². The van der Waals surface area contributed by atoms with Crippen LogP contribution in [0, 0.1) is 0 Å². The minimum atomic E-state index is -0.494. The van der Waals surface area contributed by atoms with Gasteiger partial charge in [-0.25, -0.2) is 14.5 Å². The quantitative estimate of drug-likeness (QED) is 0.811. The number of aromatic nitrogens is 3. The number of hydrogen-bond donors (Lipinski definition) is 1. The molecule has 132 valence electrons. The molecule has 1 aromatic heterocycles. The number of hydrogen-bond acceptors (Lipinski definition) is 5. The highest BCUT2D eigenvalue weighted by molar-refractivity contribution is 5.91. The number of ether oxygens (including phenoxy) is 1. The lowest BCUT2D eigenvalue weighted by molar-refractivity contribution is -0.125. The first-order valence-electron chi connectivity index (χ1n) is 8.58. The van der Waals surface area contributed by atoms with Gasteiger partial charge in [0.2, 0.25) is 0 Å². The number of amides is 1. The third-order valence-electron chi connectivity index (χ3n) is 4.31. The molecule has 0 unspecified atom stereocenters. The van der Waals surface area contributed by atoms with Gasteiger partial charge in [-0.15, -0.1) is 0 Å².